The molecule has 20 heavy (non-hydrogen) atoms. The summed E-state index contributed by atoms with van der Waals surface area (Å²) >= 11 is 1.35. The van der Waals surface area contributed by atoms with Crippen molar-refractivity contribution in [1.82, 2.24) is 14.6 Å². The minimum Gasteiger partial charge on any atom is -0.265 e. The molecule has 0 unspecified atom stereocenters. The van der Waals surface area contributed by atoms with Crippen LogP contribution in [0.25, 0.3) is 26.7 Å². The number of fused-ring (bicyclic) bond motifs is 1. The molecule has 0 bridgehead atoms. The lowest BCUT2D eigenvalue weighted by molar-refractivity contribution is 0.874. The molecular weight excluding hydrogens is 276 g/mol. The molecule has 0 aliphatic rings. The molecule has 0 N–H and O–H groups in total. The van der Waals surface area contributed by atoms with Crippen LogP contribution in [0.1, 0.15) is 5.69 Å². The number of hydrogen-bond acceptors (Lipinski definition) is 5. The van der Waals surface area contributed by atoms with Crippen LogP contribution in [0.4, 0.5) is 5.69 Å². The summed E-state index contributed by atoms with van der Waals surface area (Å²) in [5, 5.41) is 9.77. The first-order chi connectivity index (χ1) is 9.70. The van der Waals surface area contributed by atoms with Gasteiger partial charge in [0.05, 0.1) is 5.69 Å². The Labute approximate surface area is 116 Å². The fourth-order valence-corrected chi connectivity index (χ4v) is 2.64. The Hall–Kier alpha value is -2.70. The molecule has 0 amide bonds. The number of benzene rings is 1. The third-order valence-electron chi connectivity index (χ3n) is 2.76. The molecule has 0 fully saturated rings. The molecule has 3 aromatic rings. The highest BCUT2D eigenvalue weighted by molar-refractivity contribution is 7.15. The van der Waals surface area contributed by atoms with Crippen molar-refractivity contribution in [2.45, 2.75) is 6.92 Å². The summed E-state index contributed by atoms with van der Waals surface area (Å²) in [6.07, 6.45) is 0. The number of aryl methyl sites for hydroxylation is 1. The van der Waals surface area contributed by atoms with E-state index >= 15 is 0 Å². The summed E-state index contributed by atoms with van der Waals surface area (Å²) in [4.78, 5) is 19.4. The molecular formula is C12H8N6OS. The predicted molar refractivity (Wildman–Crippen MR) is 76.1 cm³/mol. The molecule has 0 saturated heterocycles. The first-order valence-electron chi connectivity index (χ1n) is 5.70. The van der Waals surface area contributed by atoms with E-state index in [0.717, 1.165) is 5.69 Å². The minimum atomic E-state index is -0.438. The Kier molecular flexibility index (Phi) is 2.94. The van der Waals surface area contributed by atoms with Gasteiger partial charge in [0.15, 0.2) is 5.69 Å². The Morgan fingerprint density at radius 3 is 3.00 bits per heavy atom. The van der Waals surface area contributed by atoms with Crippen LogP contribution in [0.5, 0.6) is 0 Å². The molecule has 2 aromatic heterocycles. The zero-order valence-corrected chi connectivity index (χ0v) is 11.2. The monoisotopic (exact) mass is 284 g/mol. The molecule has 1 aromatic carbocycles. The van der Waals surface area contributed by atoms with Gasteiger partial charge in [0.25, 0.3) is 0 Å². The van der Waals surface area contributed by atoms with Crippen molar-refractivity contribution in [2.24, 2.45) is 5.11 Å². The number of azide groups is 1. The lowest BCUT2D eigenvalue weighted by Crippen LogP contribution is -2.15. The molecule has 0 aliphatic carbocycles. The quantitative estimate of drug-likeness (QED) is 0.411. The van der Waals surface area contributed by atoms with Gasteiger partial charge in [-0.15, -0.1) is 11.3 Å². The third-order valence-corrected chi connectivity index (χ3v) is 3.70. The second-order valence-corrected chi connectivity index (χ2v) is 4.88. The van der Waals surface area contributed by atoms with Crippen molar-refractivity contribution in [3.05, 3.63) is 56.1 Å². The third kappa shape index (κ3) is 1.93. The SMILES string of the molecule is Cc1csc2nc(=O)c(-c3ccccc3N=[N+]=[N-])nn12. The standard InChI is InChI=1S/C12H8N6OS/c1-7-6-20-12-14-11(19)10(16-18(7)12)8-4-2-3-5-9(8)15-17-13/h2-6H,1H3. The van der Waals surface area contributed by atoms with E-state index in [4.69, 9.17) is 5.53 Å². The number of nitrogens with zero attached hydrogens (tertiary/aromatic N) is 6. The van der Waals surface area contributed by atoms with Crippen LogP contribution >= 0.6 is 11.3 Å². The molecule has 0 radical (unpaired) electrons. The van der Waals surface area contributed by atoms with Gasteiger partial charge in [0, 0.05) is 21.5 Å². The lowest BCUT2D eigenvalue weighted by Gasteiger charge is -2.04. The van der Waals surface area contributed by atoms with Crippen molar-refractivity contribution < 1.29 is 0 Å². The molecule has 8 heteroatoms. The van der Waals surface area contributed by atoms with Crippen LogP contribution in [0.2, 0.25) is 0 Å². The van der Waals surface area contributed by atoms with Gasteiger partial charge in [-0.25, -0.2) is 4.52 Å². The highest BCUT2D eigenvalue weighted by Crippen LogP contribution is 2.27. The predicted octanol–water partition coefficient (Wildman–Crippen LogP) is 3.07. The van der Waals surface area contributed by atoms with Crippen LogP contribution in [-0.4, -0.2) is 14.6 Å². The van der Waals surface area contributed by atoms with Gasteiger partial charge < -0.3 is 0 Å². The Morgan fingerprint density at radius 1 is 1.40 bits per heavy atom. The van der Waals surface area contributed by atoms with Crippen LogP contribution in [0.15, 0.2) is 39.6 Å². The first kappa shape index (κ1) is 12.3. The molecule has 0 spiro atoms. The fraction of sp³-hybridized carbons (Fsp3) is 0.0833. The van der Waals surface area contributed by atoms with Crippen LogP contribution in [0.3, 0.4) is 0 Å². The topological polar surface area (TPSA) is 96.0 Å². The van der Waals surface area contributed by atoms with E-state index in [0.29, 0.717) is 16.2 Å². The number of aromatic nitrogens is 3. The average Bonchev–Trinajstić information content (AvgIpc) is 2.80. The molecule has 0 saturated carbocycles. The summed E-state index contributed by atoms with van der Waals surface area (Å²) in [7, 11) is 0. The van der Waals surface area contributed by atoms with Crippen molar-refractivity contribution in [1.29, 1.82) is 0 Å². The summed E-state index contributed by atoms with van der Waals surface area (Å²) in [6, 6.07) is 6.80. The highest BCUT2D eigenvalue weighted by atomic mass is 32.1. The molecule has 3 rings (SSSR count). The molecule has 0 atom stereocenters. The van der Waals surface area contributed by atoms with Crippen LogP contribution in [-0.2, 0) is 0 Å². The van der Waals surface area contributed by atoms with E-state index in [9.17, 15) is 4.79 Å². The Bertz CT molecular complexity index is 906. The van der Waals surface area contributed by atoms with Crippen LogP contribution < -0.4 is 5.56 Å². The lowest BCUT2D eigenvalue weighted by atomic mass is 10.1. The van der Waals surface area contributed by atoms with Gasteiger partial charge in [0.2, 0.25) is 4.96 Å². The smallest absolute Gasteiger partial charge is 0.265 e. The van der Waals surface area contributed by atoms with Crippen molar-refractivity contribution in [3.8, 4) is 11.3 Å². The van der Waals surface area contributed by atoms with E-state index in [1.165, 1.54) is 11.3 Å². The van der Waals surface area contributed by atoms with E-state index < -0.39 is 5.56 Å². The largest absolute Gasteiger partial charge is 0.300 e. The summed E-state index contributed by atoms with van der Waals surface area (Å²) in [6.45, 7) is 1.88. The number of rotatable bonds is 2. The maximum atomic E-state index is 12.1. The van der Waals surface area contributed by atoms with Crippen molar-refractivity contribution in [2.75, 3.05) is 0 Å². The fourth-order valence-electron chi connectivity index (χ4n) is 1.84. The zero-order chi connectivity index (χ0) is 14.1. The number of thiazole rings is 1. The van der Waals surface area contributed by atoms with Crippen molar-refractivity contribution >= 4 is 22.0 Å². The molecule has 2 heterocycles. The zero-order valence-electron chi connectivity index (χ0n) is 10.4. The second-order valence-electron chi connectivity index (χ2n) is 4.04. The van der Waals surface area contributed by atoms with Gasteiger partial charge in [-0.2, -0.15) is 10.1 Å². The van der Waals surface area contributed by atoms with E-state index in [1.54, 1.807) is 28.8 Å². The number of hydrogen-bond donors (Lipinski definition) is 0. The Balaban J connectivity index is 2.34. The van der Waals surface area contributed by atoms with E-state index in [-0.39, 0.29) is 5.69 Å². The van der Waals surface area contributed by atoms with Gasteiger partial charge in [-0.1, -0.05) is 29.4 Å². The normalized spacial score (nSPS) is 10.4. The summed E-state index contributed by atoms with van der Waals surface area (Å²) in [5.41, 5.74) is 10.0. The molecule has 98 valence electrons. The highest BCUT2D eigenvalue weighted by Gasteiger charge is 2.13. The van der Waals surface area contributed by atoms with E-state index in [2.05, 4.69) is 20.1 Å². The molecule has 0 aliphatic heterocycles. The van der Waals surface area contributed by atoms with E-state index in [1.807, 2.05) is 12.3 Å². The summed E-state index contributed by atoms with van der Waals surface area (Å²) in [5.74, 6) is 0. The summed E-state index contributed by atoms with van der Waals surface area (Å²) < 4.78 is 1.61. The maximum absolute atomic E-state index is 12.1. The first-order valence-corrected chi connectivity index (χ1v) is 6.58. The van der Waals surface area contributed by atoms with Gasteiger partial charge >= 0.3 is 5.56 Å². The van der Waals surface area contributed by atoms with Crippen molar-refractivity contribution in [3.63, 3.8) is 0 Å². The van der Waals surface area contributed by atoms with Gasteiger partial charge in [-0.05, 0) is 12.5 Å². The average molecular weight is 284 g/mol. The van der Waals surface area contributed by atoms with Gasteiger partial charge in [-0.3, -0.25) is 4.79 Å². The van der Waals surface area contributed by atoms with Crippen LogP contribution in [0, 0.1) is 6.92 Å². The maximum Gasteiger partial charge on any atom is 0.300 e. The second kappa shape index (κ2) is 4.76. The molecule has 7 nitrogen and oxygen atoms in total. The Morgan fingerprint density at radius 2 is 2.20 bits per heavy atom. The van der Waals surface area contributed by atoms with Gasteiger partial charge in [0.1, 0.15) is 0 Å². The minimum absolute atomic E-state index is 0.173.